The summed E-state index contributed by atoms with van der Waals surface area (Å²) in [6, 6.07) is 13.9. The monoisotopic (exact) mass is 304 g/mol. The molecule has 23 heavy (non-hydrogen) atoms. The van der Waals surface area contributed by atoms with Crippen LogP contribution in [-0.4, -0.2) is 21.0 Å². The van der Waals surface area contributed by atoms with E-state index in [2.05, 4.69) is 20.1 Å². The molecular formula is C17H16N6. The van der Waals surface area contributed by atoms with Crippen molar-refractivity contribution in [1.29, 1.82) is 0 Å². The summed E-state index contributed by atoms with van der Waals surface area (Å²) in [6.45, 7) is 1.95. The summed E-state index contributed by atoms with van der Waals surface area (Å²) < 4.78 is 0. The largest absolute Gasteiger partial charge is 0.383 e. The van der Waals surface area contributed by atoms with E-state index in [4.69, 9.17) is 10.7 Å². The Labute approximate surface area is 133 Å². The predicted octanol–water partition coefficient (Wildman–Crippen LogP) is 2.67. The first-order valence-corrected chi connectivity index (χ1v) is 7.38. The van der Waals surface area contributed by atoms with Gasteiger partial charge in [0.25, 0.3) is 0 Å². The molecule has 3 N–H and O–H groups in total. The third kappa shape index (κ3) is 2.24. The molecule has 4 rings (SSSR count). The number of nitrogens with two attached hydrogens (primary N) is 1. The van der Waals surface area contributed by atoms with E-state index in [1.165, 1.54) is 0 Å². The van der Waals surface area contributed by atoms with Crippen LogP contribution in [0.1, 0.15) is 23.0 Å². The van der Waals surface area contributed by atoms with Gasteiger partial charge in [-0.1, -0.05) is 18.2 Å². The smallest absolute Gasteiger partial charge is 0.156 e. The van der Waals surface area contributed by atoms with Crippen LogP contribution in [0.25, 0.3) is 0 Å². The van der Waals surface area contributed by atoms with Gasteiger partial charge in [0.1, 0.15) is 11.7 Å². The number of nitrogens with one attached hydrogen (secondary N) is 1. The molecule has 0 saturated heterocycles. The van der Waals surface area contributed by atoms with Crippen LogP contribution in [0, 0.1) is 6.92 Å². The maximum absolute atomic E-state index is 6.20. The molecule has 114 valence electrons. The maximum Gasteiger partial charge on any atom is 0.156 e. The zero-order valence-corrected chi connectivity index (χ0v) is 12.6. The minimum absolute atomic E-state index is 0.279. The summed E-state index contributed by atoms with van der Waals surface area (Å²) in [5.74, 6) is 1.40. The standard InChI is InChI=1S/C17H16N6/c1-11-9-15(22-21-11)23-14-7-3-2-6-13(14)16(18)20-17(23)12-5-4-8-19-10-12/h2-10,17H,1H3,(H2,18,20)(H,21,22). The van der Waals surface area contributed by atoms with E-state index in [9.17, 15) is 0 Å². The fourth-order valence-corrected chi connectivity index (χ4v) is 2.84. The first kappa shape index (κ1) is 13.5. The fourth-order valence-electron chi connectivity index (χ4n) is 2.84. The Balaban J connectivity index is 1.92. The SMILES string of the molecule is Cc1cc(N2c3ccccc3C(N)=NC2c2cccnc2)[nH]n1. The Bertz CT molecular complexity index is 868. The molecule has 1 aromatic carbocycles. The number of aryl methyl sites for hydroxylation is 1. The molecule has 0 bridgehead atoms. The highest BCUT2D eigenvalue weighted by molar-refractivity contribution is 6.05. The van der Waals surface area contributed by atoms with Crippen LogP contribution in [0.15, 0.2) is 59.9 Å². The highest BCUT2D eigenvalue weighted by Crippen LogP contribution is 2.40. The molecule has 1 unspecified atom stereocenters. The summed E-state index contributed by atoms with van der Waals surface area (Å²) in [6.07, 6.45) is 3.28. The number of hydrogen-bond acceptors (Lipinski definition) is 5. The Kier molecular flexibility index (Phi) is 3.08. The molecule has 0 saturated carbocycles. The summed E-state index contributed by atoms with van der Waals surface area (Å²) in [4.78, 5) is 11.0. The molecule has 0 spiro atoms. The minimum atomic E-state index is -0.279. The van der Waals surface area contributed by atoms with Crippen molar-refractivity contribution in [2.24, 2.45) is 10.7 Å². The number of anilines is 2. The van der Waals surface area contributed by atoms with Gasteiger partial charge < -0.3 is 5.73 Å². The van der Waals surface area contributed by atoms with Crippen molar-refractivity contribution in [2.45, 2.75) is 13.1 Å². The van der Waals surface area contributed by atoms with Crippen molar-refractivity contribution in [3.05, 3.63) is 71.7 Å². The Morgan fingerprint density at radius 2 is 2.04 bits per heavy atom. The normalized spacial score (nSPS) is 16.8. The third-order valence-electron chi connectivity index (χ3n) is 3.88. The van der Waals surface area contributed by atoms with Gasteiger partial charge in [-0.05, 0) is 25.1 Å². The number of aromatic nitrogens is 3. The molecule has 1 atom stereocenters. The van der Waals surface area contributed by atoms with E-state index in [-0.39, 0.29) is 6.17 Å². The summed E-state index contributed by atoms with van der Waals surface area (Å²) in [5.41, 5.74) is 10.0. The summed E-state index contributed by atoms with van der Waals surface area (Å²) >= 11 is 0. The minimum Gasteiger partial charge on any atom is -0.383 e. The Morgan fingerprint density at radius 1 is 1.17 bits per heavy atom. The lowest BCUT2D eigenvalue weighted by Crippen LogP contribution is -2.32. The van der Waals surface area contributed by atoms with E-state index in [0.29, 0.717) is 5.84 Å². The van der Waals surface area contributed by atoms with Crippen molar-refractivity contribution in [2.75, 3.05) is 4.90 Å². The molecule has 3 aromatic rings. The number of nitrogens with zero attached hydrogens (tertiary/aromatic N) is 4. The quantitative estimate of drug-likeness (QED) is 0.762. The van der Waals surface area contributed by atoms with Crippen molar-refractivity contribution in [3.63, 3.8) is 0 Å². The van der Waals surface area contributed by atoms with Gasteiger partial charge in [0.15, 0.2) is 6.17 Å². The lowest BCUT2D eigenvalue weighted by molar-refractivity contribution is 0.712. The van der Waals surface area contributed by atoms with Gasteiger partial charge >= 0.3 is 0 Å². The van der Waals surface area contributed by atoms with Gasteiger partial charge in [0, 0.05) is 29.6 Å². The Morgan fingerprint density at radius 3 is 2.78 bits per heavy atom. The molecule has 0 amide bonds. The number of benzene rings is 1. The van der Waals surface area contributed by atoms with E-state index < -0.39 is 0 Å². The van der Waals surface area contributed by atoms with Crippen LogP contribution in [0.3, 0.4) is 0 Å². The lowest BCUT2D eigenvalue weighted by Gasteiger charge is -2.34. The molecule has 0 aliphatic carbocycles. The van der Waals surface area contributed by atoms with Crippen LogP contribution < -0.4 is 10.6 Å². The number of rotatable bonds is 2. The third-order valence-corrected chi connectivity index (χ3v) is 3.88. The number of fused-ring (bicyclic) bond motifs is 1. The second-order valence-corrected chi connectivity index (χ2v) is 5.46. The van der Waals surface area contributed by atoms with Crippen molar-refractivity contribution in [3.8, 4) is 0 Å². The van der Waals surface area contributed by atoms with Crippen LogP contribution >= 0.6 is 0 Å². The van der Waals surface area contributed by atoms with E-state index >= 15 is 0 Å². The number of para-hydroxylation sites is 1. The topological polar surface area (TPSA) is 83.2 Å². The van der Waals surface area contributed by atoms with E-state index in [1.807, 2.05) is 55.6 Å². The molecule has 0 fully saturated rings. The highest BCUT2D eigenvalue weighted by atomic mass is 15.3. The number of aliphatic imine (C=N–C) groups is 1. The molecule has 0 radical (unpaired) electrons. The van der Waals surface area contributed by atoms with Gasteiger partial charge in [0.2, 0.25) is 0 Å². The number of aromatic amines is 1. The first-order chi connectivity index (χ1) is 11.2. The highest BCUT2D eigenvalue weighted by Gasteiger charge is 2.30. The van der Waals surface area contributed by atoms with Crippen molar-refractivity contribution < 1.29 is 0 Å². The first-order valence-electron chi connectivity index (χ1n) is 7.38. The molecule has 3 heterocycles. The maximum atomic E-state index is 6.20. The number of amidine groups is 1. The molecule has 6 nitrogen and oxygen atoms in total. The van der Waals surface area contributed by atoms with Gasteiger partial charge in [0.05, 0.1) is 11.4 Å². The second kappa shape index (κ2) is 5.24. The average Bonchev–Trinajstić information content (AvgIpc) is 3.01. The molecule has 6 heteroatoms. The molecular weight excluding hydrogens is 288 g/mol. The lowest BCUT2D eigenvalue weighted by atomic mass is 10.1. The predicted molar refractivity (Wildman–Crippen MR) is 89.6 cm³/mol. The zero-order chi connectivity index (χ0) is 15.8. The van der Waals surface area contributed by atoms with E-state index in [0.717, 1.165) is 28.3 Å². The van der Waals surface area contributed by atoms with Crippen LogP contribution in [0.5, 0.6) is 0 Å². The molecule has 2 aromatic heterocycles. The number of pyridine rings is 1. The second-order valence-electron chi connectivity index (χ2n) is 5.46. The van der Waals surface area contributed by atoms with Crippen molar-refractivity contribution >= 4 is 17.3 Å². The molecule has 1 aliphatic heterocycles. The van der Waals surface area contributed by atoms with Crippen LogP contribution in [0.4, 0.5) is 11.5 Å². The van der Waals surface area contributed by atoms with Gasteiger partial charge in [-0.25, -0.2) is 4.99 Å². The van der Waals surface area contributed by atoms with Crippen LogP contribution in [-0.2, 0) is 0 Å². The molecule has 1 aliphatic rings. The van der Waals surface area contributed by atoms with Gasteiger partial charge in [-0.15, -0.1) is 0 Å². The van der Waals surface area contributed by atoms with Gasteiger partial charge in [-0.2, -0.15) is 5.10 Å². The number of H-pyrrole nitrogens is 1. The Hall–Kier alpha value is -3.15. The summed E-state index contributed by atoms with van der Waals surface area (Å²) in [5, 5.41) is 7.33. The number of hydrogen-bond donors (Lipinski definition) is 2. The summed E-state index contributed by atoms with van der Waals surface area (Å²) in [7, 11) is 0. The van der Waals surface area contributed by atoms with Crippen LogP contribution in [0.2, 0.25) is 0 Å². The fraction of sp³-hybridized carbons (Fsp3) is 0.118. The van der Waals surface area contributed by atoms with Gasteiger partial charge in [-0.3, -0.25) is 15.0 Å². The van der Waals surface area contributed by atoms with Crippen molar-refractivity contribution in [1.82, 2.24) is 15.2 Å². The zero-order valence-electron chi connectivity index (χ0n) is 12.6. The van der Waals surface area contributed by atoms with E-state index in [1.54, 1.807) is 6.20 Å². The average molecular weight is 304 g/mol.